The molecule has 2 aromatic rings. The minimum absolute atomic E-state index is 0.110. The summed E-state index contributed by atoms with van der Waals surface area (Å²) in [6.45, 7) is 1.92. The van der Waals surface area contributed by atoms with Crippen LogP contribution in [0.25, 0.3) is 0 Å². The van der Waals surface area contributed by atoms with Crippen molar-refractivity contribution < 1.29 is 14.4 Å². The number of hydrogen-bond acceptors (Lipinski definition) is 3. The van der Waals surface area contributed by atoms with Crippen molar-refractivity contribution in [3.63, 3.8) is 0 Å². The summed E-state index contributed by atoms with van der Waals surface area (Å²) in [5.74, 6) is 0.539. The highest BCUT2D eigenvalue weighted by molar-refractivity contribution is 9.10. The number of halogens is 1. The summed E-state index contributed by atoms with van der Waals surface area (Å²) in [7, 11) is 0. The summed E-state index contributed by atoms with van der Waals surface area (Å²) in [4.78, 5) is 40.8. The lowest BCUT2D eigenvalue weighted by molar-refractivity contribution is -0.124. The van der Waals surface area contributed by atoms with E-state index in [1.165, 1.54) is 4.90 Å². The van der Waals surface area contributed by atoms with Crippen LogP contribution in [-0.2, 0) is 9.59 Å². The van der Waals surface area contributed by atoms with Gasteiger partial charge in [-0.05, 0) is 79.0 Å². The number of carbonyl (C=O) groups excluding carboxylic acids is 3. The fourth-order valence-corrected chi connectivity index (χ4v) is 6.44. The van der Waals surface area contributed by atoms with Crippen LogP contribution in [0, 0.1) is 42.4 Å². The summed E-state index contributed by atoms with van der Waals surface area (Å²) < 4.78 is 0.943. The molecule has 156 valence electrons. The van der Waals surface area contributed by atoms with Crippen LogP contribution in [0.3, 0.4) is 0 Å². The van der Waals surface area contributed by atoms with Gasteiger partial charge in [0.15, 0.2) is 0 Å². The standard InChI is InChI=1S/C25H21BrN2O3/c1-12-9-14(26)5-8-20(12)27-23(29)13-3-2-4-15(10-13)28-24(30)21-16-6-7-17(19-11-18(16)19)22(21)25(28)31/h2-10,16-19,21-22H,11H2,1H3,(H,27,29)/t16-,17-,18-,19-,21+,22+/m1/s1. The van der Waals surface area contributed by atoms with E-state index in [0.29, 0.717) is 23.1 Å². The molecule has 0 unspecified atom stereocenters. The molecule has 31 heavy (non-hydrogen) atoms. The zero-order valence-electron chi connectivity index (χ0n) is 16.9. The molecule has 3 fully saturated rings. The van der Waals surface area contributed by atoms with Crippen molar-refractivity contribution in [3.8, 4) is 0 Å². The zero-order valence-corrected chi connectivity index (χ0v) is 18.5. The van der Waals surface area contributed by atoms with E-state index in [9.17, 15) is 14.4 Å². The molecule has 0 aromatic heterocycles. The summed E-state index contributed by atoms with van der Waals surface area (Å²) >= 11 is 3.42. The van der Waals surface area contributed by atoms with Gasteiger partial charge in [0.05, 0.1) is 17.5 Å². The molecule has 1 N–H and O–H groups in total. The maximum absolute atomic E-state index is 13.3. The zero-order chi connectivity index (χ0) is 21.4. The third-order valence-corrected chi connectivity index (χ3v) is 7.96. The third-order valence-electron chi connectivity index (χ3n) is 7.47. The maximum atomic E-state index is 13.3. The molecule has 4 aliphatic carbocycles. The Morgan fingerprint density at radius 1 is 1.00 bits per heavy atom. The average Bonchev–Trinajstić information content (AvgIpc) is 3.53. The van der Waals surface area contributed by atoms with E-state index < -0.39 is 0 Å². The number of rotatable bonds is 3. The van der Waals surface area contributed by atoms with Crippen molar-refractivity contribution in [2.75, 3.05) is 10.2 Å². The van der Waals surface area contributed by atoms with Gasteiger partial charge in [0.1, 0.15) is 0 Å². The first-order valence-corrected chi connectivity index (χ1v) is 11.5. The Kier molecular flexibility index (Phi) is 4.06. The van der Waals surface area contributed by atoms with Crippen LogP contribution in [-0.4, -0.2) is 17.7 Å². The number of nitrogens with zero attached hydrogens (tertiary/aromatic N) is 1. The quantitative estimate of drug-likeness (QED) is 0.521. The molecular weight excluding hydrogens is 456 g/mol. The number of allylic oxidation sites excluding steroid dienone is 2. The van der Waals surface area contributed by atoms with Gasteiger partial charge in [0.2, 0.25) is 11.8 Å². The van der Waals surface area contributed by atoms with Crippen molar-refractivity contribution in [2.24, 2.45) is 35.5 Å². The molecule has 6 heteroatoms. The summed E-state index contributed by atoms with van der Waals surface area (Å²) in [6, 6.07) is 12.5. The Balaban J connectivity index is 1.28. The average molecular weight is 477 g/mol. The van der Waals surface area contributed by atoms with Crippen LogP contribution < -0.4 is 10.2 Å². The van der Waals surface area contributed by atoms with E-state index in [-0.39, 0.29) is 41.4 Å². The summed E-state index contributed by atoms with van der Waals surface area (Å²) in [5, 5.41) is 2.92. The van der Waals surface area contributed by atoms with Gasteiger partial charge in [-0.2, -0.15) is 0 Å². The van der Waals surface area contributed by atoms with E-state index in [1.807, 2.05) is 25.1 Å². The van der Waals surface area contributed by atoms with E-state index in [4.69, 9.17) is 0 Å². The Morgan fingerprint density at radius 2 is 1.68 bits per heavy atom. The van der Waals surface area contributed by atoms with E-state index in [0.717, 1.165) is 22.1 Å². The molecule has 7 rings (SSSR count). The Hall–Kier alpha value is -2.73. The molecule has 1 aliphatic heterocycles. The minimum atomic E-state index is -0.272. The first-order valence-electron chi connectivity index (χ1n) is 10.7. The third kappa shape index (κ3) is 2.77. The second-order valence-corrected chi connectivity index (χ2v) is 10.0. The smallest absolute Gasteiger partial charge is 0.255 e. The van der Waals surface area contributed by atoms with Gasteiger partial charge < -0.3 is 5.32 Å². The van der Waals surface area contributed by atoms with Gasteiger partial charge in [-0.25, -0.2) is 4.90 Å². The Morgan fingerprint density at radius 3 is 2.32 bits per heavy atom. The lowest BCUT2D eigenvalue weighted by atomic mass is 9.63. The number of amides is 3. The second-order valence-electron chi connectivity index (χ2n) is 9.13. The molecule has 3 amide bonds. The monoisotopic (exact) mass is 476 g/mol. The van der Waals surface area contributed by atoms with Crippen LogP contribution in [0.1, 0.15) is 22.3 Å². The maximum Gasteiger partial charge on any atom is 0.255 e. The van der Waals surface area contributed by atoms with Gasteiger partial charge in [-0.1, -0.05) is 34.1 Å². The highest BCUT2D eigenvalue weighted by Gasteiger charge is 2.67. The fourth-order valence-electron chi connectivity index (χ4n) is 5.96. The summed E-state index contributed by atoms with van der Waals surface area (Å²) in [5.41, 5.74) is 2.56. The van der Waals surface area contributed by atoms with Gasteiger partial charge in [-0.15, -0.1) is 0 Å². The van der Waals surface area contributed by atoms with Crippen molar-refractivity contribution in [1.82, 2.24) is 0 Å². The SMILES string of the molecule is Cc1cc(Br)ccc1NC(=O)c1cccc(N2C(=O)[C@H]3[C@@H]4C=C[C@H]([C@H]5C[C@H]45)[C@@H]3C2=O)c1. The minimum Gasteiger partial charge on any atom is -0.322 e. The number of hydrogen-bond donors (Lipinski definition) is 1. The van der Waals surface area contributed by atoms with E-state index in [2.05, 4.69) is 33.4 Å². The number of carbonyl (C=O) groups is 3. The number of benzene rings is 2. The topological polar surface area (TPSA) is 66.5 Å². The molecule has 0 spiro atoms. The number of nitrogens with one attached hydrogen (secondary N) is 1. The second kappa shape index (κ2) is 6.63. The lowest BCUT2D eigenvalue weighted by Gasteiger charge is -2.37. The van der Waals surface area contributed by atoms with Crippen LogP contribution in [0.2, 0.25) is 0 Å². The van der Waals surface area contributed by atoms with Gasteiger partial charge in [0.25, 0.3) is 5.91 Å². The molecule has 2 bridgehead atoms. The van der Waals surface area contributed by atoms with Crippen LogP contribution in [0.5, 0.6) is 0 Å². The first kappa shape index (κ1) is 19.0. The van der Waals surface area contributed by atoms with Crippen molar-refractivity contribution in [3.05, 3.63) is 70.2 Å². The van der Waals surface area contributed by atoms with Gasteiger partial charge >= 0.3 is 0 Å². The predicted octanol–water partition coefficient (Wildman–Crippen LogP) is 4.57. The van der Waals surface area contributed by atoms with E-state index in [1.54, 1.807) is 24.3 Å². The molecule has 5 aliphatic rings. The number of aryl methyl sites for hydroxylation is 1. The number of imide groups is 1. The normalized spacial score (nSPS) is 32.1. The fraction of sp³-hybridized carbons (Fsp3) is 0.320. The van der Waals surface area contributed by atoms with Gasteiger partial charge in [-0.3, -0.25) is 14.4 Å². The molecule has 1 saturated heterocycles. The van der Waals surface area contributed by atoms with Crippen molar-refractivity contribution in [2.45, 2.75) is 13.3 Å². The van der Waals surface area contributed by atoms with E-state index >= 15 is 0 Å². The molecular formula is C25H21BrN2O3. The predicted molar refractivity (Wildman–Crippen MR) is 120 cm³/mol. The molecule has 2 saturated carbocycles. The molecule has 2 aromatic carbocycles. The van der Waals surface area contributed by atoms with Crippen molar-refractivity contribution in [1.29, 1.82) is 0 Å². The number of anilines is 2. The van der Waals surface area contributed by atoms with Crippen molar-refractivity contribution >= 4 is 45.0 Å². The molecule has 0 radical (unpaired) electrons. The highest BCUT2D eigenvalue weighted by Crippen LogP contribution is 2.65. The molecule has 5 nitrogen and oxygen atoms in total. The highest BCUT2D eigenvalue weighted by atomic mass is 79.9. The largest absolute Gasteiger partial charge is 0.322 e. The van der Waals surface area contributed by atoms with Crippen LogP contribution in [0.15, 0.2) is 59.1 Å². The Bertz CT molecular complexity index is 1150. The van der Waals surface area contributed by atoms with Crippen LogP contribution >= 0.6 is 15.9 Å². The first-order chi connectivity index (χ1) is 14.9. The Labute approximate surface area is 188 Å². The summed E-state index contributed by atoms with van der Waals surface area (Å²) in [6.07, 6.45) is 5.47. The van der Waals surface area contributed by atoms with Gasteiger partial charge in [0, 0.05) is 15.7 Å². The molecule has 1 heterocycles. The van der Waals surface area contributed by atoms with Crippen LogP contribution in [0.4, 0.5) is 11.4 Å². The molecule has 6 atom stereocenters. The lowest BCUT2D eigenvalue weighted by Crippen LogP contribution is -2.40.